The molecule has 2 aromatic carbocycles. The van der Waals surface area contributed by atoms with Gasteiger partial charge in [0.15, 0.2) is 5.65 Å². The number of anilines is 1. The number of para-hydroxylation sites is 1. The summed E-state index contributed by atoms with van der Waals surface area (Å²) >= 11 is 1.42. The highest BCUT2D eigenvalue weighted by molar-refractivity contribution is 7.99. The Labute approximate surface area is 154 Å². The number of aromatic amines is 1. The molecule has 0 saturated carbocycles. The molecule has 26 heavy (non-hydrogen) atoms. The van der Waals surface area contributed by atoms with Crippen molar-refractivity contribution < 1.29 is 4.79 Å². The van der Waals surface area contributed by atoms with Gasteiger partial charge in [-0.3, -0.25) is 4.79 Å². The van der Waals surface area contributed by atoms with Gasteiger partial charge < -0.3 is 10.3 Å². The van der Waals surface area contributed by atoms with Crippen LogP contribution in [0, 0.1) is 6.92 Å². The zero-order valence-corrected chi connectivity index (χ0v) is 15.0. The molecule has 0 aliphatic carbocycles. The van der Waals surface area contributed by atoms with E-state index in [0.717, 1.165) is 27.7 Å². The fourth-order valence-electron chi connectivity index (χ4n) is 2.75. The Balaban J connectivity index is 1.38. The first-order valence-electron chi connectivity index (χ1n) is 8.29. The zero-order chi connectivity index (χ0) is 17.9. The normalized spacial score (nSPS) is 11.1. The van der Waals surface area contributed by atoms with E-state index in [0.29, 0.717) is 23.0 Å². The van der Waals surface area contributed by atoms with Crippen molar-refractivity contribution in [1.82, 2.24) is 20.2 Å². The summed E-state index contributed by atoms with van der Waals surface area (Å²) in [4.78, 5) is 19.8. The standard InChI is InChI=1S/C19H17N5OS/c1-12-5-4-6-13(11-12)20-16(25)9-10-26-19-22-18-17(23-24-19)14-7-2-3-8-15(14)21-18/h2-8,11H,9-10H2,1H3,(H,20,25)(H,21,22,24). The second kappa shape index (κ2) is 7.13. The average molecular weight is 363 g/mol. The van der Waals surface area contributed by atoms with Gasteiger partial charge in [-0.2, -0.15) is 0 Å². The van der Waals surface area contributed by atoms with Gasteiger partial charge in [0.1, 0.15) is 5.52 Å². The van der Waals surface area contributed by atoms with E-state index < -0.39 is 0 Å². The first-order valence-corrected chi connectivity index (χ1v) is 9.28. The molecule has 130 valence electrons. The Morgan fingerprint density at radius 3 is 2.92 bits per heavy atom. The van der Waals surface area contributed by atoms with Crippen LogP contribution in [0.2, 0.25) is 0 Å². The van der Waals surface area contributed by atoms with E-state index in [9.17, 15) is 4.79 Å². The lowest BCUT2D eigenvalue weighted by atomic mass is 10.2. The third-order valence-electron chi connectivity index (χ3n) is 3.96. The largest absolute Gasteiger partial charge is 0.338 e. The second-order valence-corrected chi connectivity index (χ2v) is 7.04. The average Bonchev–Trinajstić information content (AvgIpc) is 2.99. The van der Waals surface area contributed by atoms with Crippen LogP contribution in [0.15, 0.2) is 53.7 Å². The summed E-state index contributed by atoms with van der Waals surface area (Å²) in [7, 11) is 0. The van der Waals surface area contributed by atoms with Crippen LogP contribution in [0.5, 0.6) is 0 Å². The van der Waals surface area contributed by atoms with Gasteiger partial charge >= 0.3 is 0 Å². The third-order valence-corrected chi connectivity index (χ3v) is 4.80. The Morgan fingerprint density at radius 1 is 1.15 bits per heavy atom. The van der Waals surface area contributed by atoms with E-state index in [2.05, 4.69) is 25.5 Å². The van der Waals surface area contributed by atoms with Gasteiger partial charge in [0, 0.05) is 28.8 Å². The van der Waals surface area contributed by atoms with E-state index in [-0.39, 0.29) is 5.91 Å². The monoisotopic (exact) mass is 363 g/mol. The number of rotatable bonds is 5. The first kappa shape index (κ1) is 16.5. The SMILES string of the molecule is Cc1cccc(NC(=O)CCSc2nnc3c(n2)[nH]c2ccccc23)c1. The lowest BCUT2D eigenvalue weighted by molar-refractivity contribution is -0.115. The van der Waals surface area contributed by atoms with E-state index in [1.54, 1.807) is 0 Å². The van der Waals surface area contributed by atoms with Crippen molar-refractivity contribution in [3.63, 3.8) is 0 Å². The minimum Gasteiger partial charge on any atom is -0.338 e. The molecule has 0 atom stereocenters. The Kier molecular flexibility index (Phi) is 4.53. The second-order valence-electron chi connectivity index (χ2n) is 5.98. The molecular weight excluding hydrogens is 346 g/mol. The first-order chi connectivity index (χ1) is 12.7. The number of amides is 1. The van der Waals surface area contributed by atoms with Crippen LogP contribution in [0.25, 0.3) is 22.1 Å². The summed E-state index contributed by atoms with van der Waals surface area (Å²) in [5.41, 5.74) is 4.40. The van der Waals surface area contributed by atoms with E-state index in [4.69, 9.17) is 0 Å². The van der Waals surface area contributed by atoms with E-state index in [1.807, 2.05) is 55.5 Å². The van der Waals surface area contributed by atoms with E-state index in [1.165, 1.54) is 11.8 Å². The van der Waals surface area contributed by atoms with Crippen LogP contribution in [0.4, 0.5) is 5.69 Å². The molecule has 0 fully saturated rings. The Bertz CT molecular complexity index is 1090. The molecule has 0 bridgehead atoms. The van der Waals surface area contributed by atoms with Gasteiger partial charge in [0.05, 0.1) is 0 Å². The van der Waals surface area contributed by atoms with Gasteiger partial charge in [-0.05, 0) is 30.7 Å². The molecule has 7 heteroatoms. The van der Waals surface area contributed by atoms with Crippen LogP contribution in [-0.4, -0.2) is 31.8 Å². The summed E-state index contributed by atoms with van der Waals surface area (Å²) < 4.78 is 0. The number of thioether (sulfide) groups is 1. The molecule has 1 amide bonds. The number of hydrogen-bond acceptors (Lipinski definition) is 5. The lowest BCUT2D eigenvalue weighted by Gasteiger charge is -2.05. The summed E-state index contributed by atoms with van der Waals surface area (Å²) in [5, 5.41) is 12.9. The minimum absolute atomic E-state index is 0.0252. The minimum atomic E-state index is -0.0252. The maximum atomic E-state index is 12.1. The van der Waals surface area contributed by atoms with Gasteiger partial charge in [0.25, 0.3) is 0 Å². The number of nitrogens with zero attached hydrogens (tertiary/aromatic N) is 3. The van der Waals surface area contributed by atoms with Crippen molar-refractivity contribution >= 4 is 45.4 Å². The van der Waals surface area contributed by atoms with Gasteiger partial charge in [-0.15, -0.1) is 10.2 Å². The van der Waals surface area contributed by atoms with Crippen LogP contribution in [-0.2, 0) is 4.79 Å². The maximum Gasteiger partial charge on any atom is 0.225 e. The van der Waals surface area contributed by atoms with Crippen LogP contribution < -0.4 is 5.32 Å². The number of H-pyrrole nitrogens is 1. The van der Waals surface area contributed by atoms with E-state index >= 15 is 0 Å². The van der Waals surface area contributed by atoms with Crippen molar-refractivity contribution in [3.05, 3.63) is 54.1 Å². The summed E-state index contributed by atoms with van der Waals surface area (Å²) in [6.45, 7) is 2.00. The van der Waals surface area contributed by atoms with Crippen molar-refractivity contribution in [2.45, 2.75) is 18.5 Å². The zero-order valence-electron chi connectivity index (χ0n) is 14.2. The molecule has 0 aliphatic rings. The Hall–Kier alpha value is -2.93. The number of carbonyl (C=O) groups excluding carboxylic acids is 1. The molecule has 0 aliphatic heterocycles. The fraction of sp³-hybridized carbons (Fsp3) is 0.158. The maximum absolute atomic E-state index is 12.1. The quantitative estimate of drug-likeness (QED) is 0.525. The van der Waals surface area contributed by atoms with Crippen molar-refractivity contribution in [2.24, 2.45) is 0 Å². The molecule has 0 radical (unpaired) electrons. The number of nitrogens with one attached hydrogen (secondary N) is 2. The number of aromatic nitrogens is 4. The molecule has 2 heterocycles. The van der Waals surface area contributed by atoms with Gasteiger partial charge in [0.2, 0.25) is 11.1 Å². The highest BCUT2D eigenvalue weighted by atomic mass is 32.2. The molecule has 2 N–H and O–H groups in total. The number of fused-ring (bicyclic) bond motifs is 3. The number of benzene rings is 2. The summed E-state index contributed by atoms with van der Waals surface area (Å²) in [5.74, 6) is 0.563. The number of carbonyl (C=O) groups is 1. The molecule has 6 nitrogen and oxygen atoms in total. The highest BCUT2D eigenvalue weighted by Gasteiger charge is 2.10. The predicted octanol–water partition coefficient (Wildman–Crippen LogP) is 3.94. The molecular formula is C19H17N5OS. The fourth-order valence-corrected chi connectivity index (χ4v) is 3.47. The molecule has 0 saturated heterocycles. The molecule has 0 unspecified atom stereocenters. The van der Waals surface area contributed by atoms with Gasteiger partial charge in [-0.25, -0.2) is 4.98 Å². The topological polar surface area (TPSA) is 83.6 Å². The molecule has 4 aromatic rings. The number of hydrogen-bond donors (Lipinski definition) is 2. The van der Waals surface area contributed by atoms with Crippen LogP contribution in [0.1, 0.15) is 12.0 Å². The van der Waals surface area contributed by atoms with Crippen LogP contribution in [0.3, 0.4) is 0 Å². The molecule has 2 aromatic heterocycles. The van der Waals surface area contributed by atoms with Crippen molar-refractivity contribution in [3.8, 4) is 0 Å². The Morgan fingerprint density at radius 2 is 2.04 bits per heavy atom. The number of aryl methyl sites for hydroxylation is 1. The predicted molar refractivity (Wildman–Crippen MR) is 104 cm³/mol. The van der Waals surface area contributed by atoms with Crippen LogP contribution >= 0.6 is 11.8 Å². The smallest absolute Gasteiger partial charge is 0.225 e. The summed E-state index contributed by atoms with van der Waals surface area (Å²) in [6, 6.07) is 15.7. The van der Waals surface area contributed by atoms with Crippen molar-refractivity contribution in [1.29, 1.82) is 0 Å². The highest BCUT2D eigenvalue weighted by Crippen LogP contribution is 2.23. The van der Waals surface area contributed by atoms with Crippen molar-refractivity contribution in [2.75, 3.05) is 11.1 Å². The molecule has 0 spiro atoms. The molecule has 4 rings (SSSR count). The summed E-state index contributed by atoms with van der Waals surface area (Å²) in [6.07, 6.45) is 0.382. The van der Waals surface area contributed by atoms with Gasteiger partial charge in [-0.1, -0.05) is 42.1 Å². The third kappa shape index (κ3) is 3.52. The lowest BCUT2D eigenvalue weighted by Crippen LogP contribution is -2.12.